The van der Waals surface area contributed by atoms with Gasteiger partial charge >= 0.3 is 0 Å². The lowest BCUT2D eigenvalue weighted by Crippen LogP contribution is -2.37. The Morgan fingerprint density at radius 2 is 1.94 bits per heavy atom. The first kappa shape index (κ1) is 14.5. The second-order valence-electron chi connectivity index (χ2n) is 5.17. The number of allylic oxidation sites excluding steroid dienone is 1. The molecule has 0 N–H and O–H groups in total. The topological polar surface area (TPSA) is 17.1 Å². The molecule has 0 radical (unpaired) electrons. The van der Waals surface area contributed by atoms with E-state index in [-0.39, 0.29) is 5.78 Å². The smallest absolute Gasteiger partial charge is 0.155 e. The van der Waals surface area contributed by atoms with Gasteiger partial charge in [0.2, 0.25) is 0 Å². The summed E-state index contributed by atoms with van der Waals surface area (Å²) in [4.78, 5) is 11.1. The van der Waals surface area contributed by atoms with Crippen LogP contribution in [-0.2, 0) is 4.79 Å². The van der Waals surface area contributed by atoms with Crippen LogP contribution in [0.5, 0.6) is 0 Å². The van der Waals surface area contributed by atoms with Gasteiger partial charge in [-0.05, 0) is 25.5 Å². The van der Waals surface area contributed by atoms with E-state index in [1.54, 1.807) is 0 Å². The second-order valence-corrected chi connectivity index (χ2v) is 5.17. The number of hydrogen-bond donors (Lipinski definition) is 0. The van der Waals surface area contributed by atoms with E-state index in [0.29, 0.717) is 6.42 Å². The summed E-state index contributed by atoms with van der Waals surface area (Å²) >= 11 is 0. The summed E-state index contributed by atoms with van der Waals surface area (Å²) in [5.41, 5.74) is 1.24. The van der Waals surface area contributed by atoms with Crippen LogP contribution in [0.1, 0.15) is 24.8 Å². The van der Waals surface area contributed by atoms with Crippen molar-refractivity contribution in [1.29, 1.82) is 0 Å². The van der Waals surface area contributed by atoms with Crippen LogP contribution >= 0.6 is 0 Å². The Hall–Kier alpha value is -1.54. The summed E-state index contributed by atoms with van der Waals surface area (Å²) in [7, 11) is 4.37. The maximum Gasteiger partial charge on any atom is 0.155 e. The molecule has 2 heteroatoms. The van der Waals surface area contributed by atoms with E-state index >= 15 is 0 Å². The Labute approximate surface area is 111 Å². The molecular formula is C16H23NO. The van der Waals surface area contributed by atoms with Crippen molar-refractivity contribution < 1.29 is 9.28 Å². The summed E-state index contributed by atoms with van der Waals surface area (Å²) in [6, 6.07) is 10.4. The molecule has 1 aromatic rings. The fraction of sp³-hybridized carbons (Fsp3) is 0.375. The van der Waals surface area contributed by atoms with Gasteiger partial charge in [-0.25, -0.2) is 0 Å². The Bertz CT molecular complexity index is 381. The van der Waals surface area contributed by atoms with Gasteiger partial charge < -0.3 is 4.48 Å². The summed E-state index contributed by atoms with van der Waals surface area (Å²) in [6.45, 7) is 6.77. The number of quaternary nitrogens is 1. The highest BCUT2D eigenvalue weighted by atomic mass is 16.1. The summed E-state index contributed by atoms with van der Waals surface area (Å²) in [6.07, 6.45) is 4.02. The van der Waals surface area contributed by atoms with E-state index < -0.39 is 0 Å². The molecule has 0 saturated carbocycles. The summed E-state index contributed by atoms with van der Waals surface area (Å²) < 4.78 is 0.840. The predicted molar refractivity (Wildman–Crippen MR) is 75.9 cm³/mol. The van der Waals surface area contributed by atoms with Crippen LogP contribution in [0.15, 0.2) is 43.0 Å². The molecule has 1 rings (SSSR count). The molecule has 2 nitrogen and oxygen atoms in total. The molecule has 0 saturated heterocycles. The highest BCUT2D eigenvalue weighted by molar-refractivity contribution is 5.88. The minimum Gasteiger partial charge on any atom is -0.350 e. The molecule has 0 spiro atoms. The normalized spacial score (nSPS) is 11.0. The first-order chi connectivity index (χ1) is 8.53. The van der Waals surface area contributed by atoms with E-state index in [0.717, 1.165) is 23.9 Å². The van der Waals surface area contributed by atoms with Gasteiger partial charge in [-0.2, -0.15) is 12.1 Å². The third kappa shape index (κ3) is 5.69. The zero-order chi connectivity index (χ0) is 13.4. The van der Waals surface area contributed by atoms with Crippen molar-refractivity contribution >= 4 is 5.78 Å². The third-order valence-corrected chi connectivity index (χ3v) is 2.93. The van der Waals surface area contributed by atoms with Crippen LogP contribution in [-0.4, -0.2) is 30.9 Å². The molecule has 0 aliphatic rings. The number of hydrogen-bond acceptors (Lipinski definition) is 1. The van der Waals surface area contributed by atoms with Crippen LogP contribution in [0.2, 0.25) is 0 Å². The average molecular weight is 245 g/mol. The number of rotatable bonds is 8. The van der Waals surface area contributed by atoms with Gasteiger partial charge in [0.1, 0.15) is 0 Å². The van der Waals surface area contributed by atoms with E-state index in [2.05, 4.69) is 51.5 Å². The zero-order valence-corrected chi connectivity index (χ0v) is 11.4. The van der Waals surface area contributed by atoms with E-state index in [1.165, 1.54) is 11.6 Å². The minimum atomic E-state index is 0.146. The van der Waals surface area contributed by atoms with Crippen molar-refractivity contribution in [2.45, 2.75) is 19.3 Å². The van der Waals surface area contributed by atoms with E-state index in [9.17, 15) is 4.79 Å². The van der Waals surface area contributed by atoms with Crippen LogP contribution in [0.4, 0.5) is 0 Å². The van der Waals surface area contributed by atoms with Gasteiger partial charge in [0.25, 0.3) is 0 Å². The van der Waals surface area contributed by atoms with Gasteiger partial charge in [-0.3, -0.25) is 4.79 Å². The quantitative estimate of drug-likeness (QED) is 0.297. The molecule has 0 aromatic heterocycles. The maximum absolute atomic E-state index is 11.1. The molecule has 0 bridgehead atoms. The predicted octanol–water partition coefficient (Wildman–Crippen LogP) is 3.20. The fourth-order valence-corrected chi connectivity index (χ4v) is 1.93. The molecule has 18 heavy (non-hydrogen) atoms. The number of unbranched alkanes of at least 4 members (excludes halogenated alkanes) is 1. The first-order valence-corrected chi connectivity index (χ1v) is 6.42. The van der Waals surface area contributed by atoms with Gasteiger partial charge in [0.15, 0.2) is 5.78 Å². The molecule has 0 heterocycles. The summed E-state index contributed by atoms with van der Waals surface area (Å²) in [5, 5.41) is 0. The third-order valence-electron chi connectivity index (χ3n) is 2.93. The number of ketones is 1. The minimum absolute atomic E-state index is 0.146. The Balaban J connectivity index is 2.31. The lowest BCUT2D eigenvalue weighted by molar-refractivity contribution is -0.857. The lowest BCUT2D eigenvalue weighted by atomic mass is 10.1. The molecule has 0 atom stereocenters. The number of carbonyl (C=O) groups excluding carboxylic acids is 1. The molecule has 98 valence electrons. The number of nitrogens with zero attached hydrogens (tertiary/aromatic N) is 1. The Morgan fingerprint density at radius 3 is 2.56 bits per heavy atom. The van der Waals surface area contributed by atoms with Crippen molar-refractivity contribution in [3.63, 3.8) is 0 Å². The molecule has 0 amide bonds. The molecule has 0 aliphatic heterocycles. The van der Waals surface area contributed by atoms with E-state index in [1.807, 2.05) is 6.07 Å². The largest absolute Gasteiger partial charge is 0.350 e. The highest BCUT2D eigenvalue weighted by Crippen LogP contribution is 2.13. The van der Waals surface area contributed by atoms with Crippen molar-refractivity contribution in [2.75, 3.05) is 20.6 Å². The van der Waals surface area contributed by atoms with Gasteiger partial charge in [-0.15, -0.1) is 17.7 Å². The van der Waals surface area contributed by atoms with Gasteiger partial charge in [0, 0.05) is 6.42 Å². The summed E-state index contributed by atoms with van der Waals surface area (Å²) in [5.74, 6) is 0.146. The van der Waals surface area contributed by atoms with Crippen LogP contribution in [0, 0.1) is 6.54 Å². The van der Waals surface area contributed by atoms with Crippen molar-refractivity contribution in [1.82, 2.24) is 0 Å². The zero-order valence-electron chi connectivity index (χ0n) is 11.4. The van der Waals surface area contributed by atoms with Gasteiger partial charge in [-0.1, -0.05) is 12.6 Å². The molecule has 0 aliphatic carbocycles. The molecular weight excluding hydrogens is 222 g/mol. The number of benzene rings is 1. The lowest BCUT2D eigenvalue weighted by Gasteiger charge is -2.33. The SMILES string of the molecule is C=CC(=O)CCCC[N+](C)(C)[CH-]c1ccccc1. The maximum atomic E-state index is 11.1. The number of carbonyl (C=O) groups is 1. The van der Waals surface area contributed by atoms with Crippen molar-refractivity contribution in [2.24, 2.45) is 0 Å². The Kier molecular flexibility index (Phi) is 5.66. The van der Waals surface area contributed by atoms with Crippen LogP contribution < -0.4 is 0 Å². The average Bonchev–Trinajstić information content (AvgIpc) is 2.35. The fourth-order valence-electron chi connectivity index (χ4n) is 1.93. The molecule has 0 fully saturated rings. The highest BCUT2D eigenvalue weighted by Gasteiger charge is 2.11. The standard InChI is InChI=1S/C16H23NO/c1-4-16(18)12-8-9-13-17(2,3)14-15-10-6-5-7-11-15/h4-7,10-11,14H,1,8-9,12-13H2,2-3H3. The van der Waals surface area contributed by atoms with Gasteiger partial charge in [0.05, 0.1) is 20.6 Å². The molecule has 0 unspecified atom stereocenters. The Morgan fingerprint density at radius 1 is 1.28 bits per heavy atom. The van der Waals surface area contributed by atoms with Crippen molar-refractivity contribution in [3.8, 4) is 0 Å². The first-order valence-electron chi connectivity index (χ1n) is 6.42. The monoisotopic (exact) mass is 245 g/mol. The van der Waals surface area contributed by atoms with E-state index in [4.69, 9.17) is 0 Å². The molecule has 1 aromatic carbocycles. The van der Waals surface area contributed by atoms with Crippen molar-refractivity contribution in [3.05, 3.63) is 55.1 Å². The van der Waals surface area contributed by atoms with Crippen LogP contribution in [0.3, 0.4) is 0 Å². The second kappa shape index (κ2) is 7.02. The van der Waals surface area contributed by atoms with Crippen LogP contribution in [0.25, 0.3) is 0 Å².